The SMILES string of the molecule is c1ccc(N(c2ccc3oc4cc5ccccc5cc4c3c2)c2ccc3sc4cc5ccccc5cc4c3c2)c(-c2nc3ccccc3s2)c1. The quantitative estimate of drug-likeness (QED) is 0.186. The molecule has 5 heteroatoms. The molecule has 0 bridgehead atoms. The first-order valence-electron chi connectivity index (χ1n) is 16.7. The third kappa shape index (κ3) is 4.31. The summed E-state index contributed by atoms with van der Waals surface area (Å²) >= 11 is 3.59. The smallest absolute Gasteiger partial charge is 0.136 e. The van der Waals surface area contributed by atoms with Crippen LogP contribution in [0.25, 0.3) is 84.4 Å². The van der Waals surface area contributed by atoms with E-state index in [1.54, 1.807) is 11.3 Å². The van der Waals surface area contributed by atoms with Crippen LogP contribution >= 0.6 is 22.7 Å². The fraction of sp³-hybridized carbons (Fsp3) is 0. The fourth-order valence-electron chi connectivity index (χ4n) is 7.44. The second-order valence-electron chi connectivity index (χ2n) is 12.8. The topological polar surface area (TPSA) is 29.3 Å². The van der Waals surface area contributed by atoms with E-state index in [2.05, 4.69) is 163 Å². The second-order valence-corrected chi connectivity index (χ2v) is 14.9. The predicted molar refractivity (Wildman–Crippen MR) is 215 cm³/mol. The van der Waals surface area contributed by atoms with Gasteiger partial charge in [-0.15, -0.1) is 22.7 Å². The number of aromatic nitrogens is 1. The molecule has 234 valence electrons. The van der Waals surface area contributed by atoms with E-state index in [4.69, 9.17) is 9.40 Å². The van der Waals surface area contributed by atoms with Gasteiger partial charge in [-0.25, -0.2) is 4.98 Å². The molecular formula is C45H26N2OS2. The third-order valence-corrected chi connectivity index (χ3v) is 12.0. The summed E-state index contributed by atoms with van der Waals surface area (Å²) in [5, 5.41) is 10.7. The standard InChI is InChI=1S/C45H26N2OS2/c1-3-11-29-23-41-34(21-27(29)9-1)35-25-31(17-19-40(35)48-41)47(39-15-7-5-13-33(39)45-46-38-14-6-8-16-43(38)50-45)32-18-20-42-37(26-32)36-22-28-10-2-4-12-30(28)24-44(36)49-42/h1-26H. The molecular weight excluding hydrogens is 649 g/mol. The van der Waals surface area contributed by atoms with Crippen LogP contribution in [0.15, 0.2) is 162 Å². The highest BCUT2D eigenvalue weighted by Crippen LogP contribution is 2.46. The summed E-state index contributed by atoms with van der Waals surface area (Å²) in [6, 6.07) is 56.7. The van der Waals surface area contributed by atoms with Crippen LogP contribution < -0.4 is 4.90 Å². The largest absolute Gasteiger partial charge is 0.456 e. The molecule has 0 unspecified atom stereocenters. The Morgan fingerprint density at radius 3 is 1.88 bits per heavy atom. The summed E-state index contributed by atoms with van der Waals surface area (Å²) in [6.45, 7) is 0. The Bertz CT molecular complexity index is 2940. The van der Waals surface area contributed by atoms with E-state index < -0.39 is 0 Å². The molecule has 0 aliphatic rings. The first-order chi connectivity index (χ1) is 24.7. The molecule has 0 saturated heterocycles. The number of fused-ring (bicyclic) bond motifs is 9. The van der Waals surface area contributed by atoms with Crippen molar-refractivity contribution in [2.75, 3.05) is 4.90 Å². The van der Waals surface area contributed by atoms with E-state index in [0.717, 1.165) is 55.1 Å². The fourth-order valence-corrected chi connectivity index (χ4v) is 9.56. The van der Waals surface area contributed by atoms with Crippen molar-refractivity contribution in [2.24, 2.45) is 0 Å². The van der Waals surface area contributed by atoms with E-state index in [-0.39, 0.29) is 0 Å². The number of thiophene rings is 1. The first kappa shape index (κ1) is 27.9. The Morgan fingerprint density at radius 2 is 1.06 bits per heavy atom. The Hall–Kier alpha value is -6.01. The van der Waals surface area contributed by atoms with Gasteiger partial charge in [0.25, 0.3) is 0 Å². The molecule has 0 N–H and O–H groups in total. The molecule has 0 saturated carbocycles. The molecule has 0 atom stereocenters. The molecule has 11 aromatic rings. The van der Waals surface area contributed by atoms with E-state index in [1.807, 2.05) is 11.3 Å². The van der Waals surface area contributed by atoms with Crippen LogP contribution in [0.1, 0.15) is 0 Å². The molecule has 3 nitrogen and oxygen atoms in total. The summed E-state index contributed by atoms with van der Waals surface area (Å²) in [5.74, 6) is 0. The van der Waals surface area contributed by atoms with Gasteiger partial charge in [0.2, 0.25) is 0 Å². The molecule has 11 rings (SSSR count). The second kappa shape index (κ2) is 10.7. The summed E-state index contributed by atoms with van der Waals surface area (Å²) < 4.78 is 10.2. The van der Waals surface area contributed by atoms with Crippen LogP contribution in [0.2, 0.25) is 0 Å². The lowest BCUT2D eigenvalue weighted by atomic mass is 10.0. The summed E-state index contributed by atoms with van der Waals surface area (Å²) in [6.07, 6.45) is 0. The number of furan rings is 1. The molecule has 3 heterocycles. The van der Waals surface area contributed by atoms with Gasteiger partial charge in [-0.05, 0) is 106 Å². The highest BCUT2D eigenvalue weighted by Gasteiger charge is 2.21. The van der Waals surface area contributed by atoms with Crippen LogP contribution in [0.5, 0.6) is 0 Å². The minimum Gasteiger partial charge on any atom is -0.456 e. The van der Waals surface area contributed by atoms with Crippen molar-refractivity contribution in [2.45, 2.75) is 0 Å². The van der Waals surface area contributed by atoms with Gasteiger partial charge in [0, 0.05) is 47.9 Å². The Balaban J connectivity index is 1.17. The van der Waals surface area contributed by atoms with E-state index >= 15 is 0 Å². The number of nitrogens with zero attached hydrogens (tertiary/aromatic N) is 2. The third-order valence-electron chi connectivity index (χ3n) is 9.83. The van der Waals surface area contributed by atoms with E-state index in [0.29, 0.717) is 0 Å². The summed E-state index contributed by atoms with van der Waals surface area (Å²) in [7, 11) is 0. The molecule has 0 aliphatic carbocycles. The minimum absolute atomic E-state index is 0.879. The van der Waals surface area contributed by atoms with Crippen LogP contribution in [0.3, 0.4) is 0 Å². The Labute approximate surface area is 294 Å². The predicted octanol–water partition coefficient (Wildman–Crippen LogP) is 14.0. The highest BCUT2D eigenvalue weighted by molar-refractivity contribution is 7.26. The first-order valence-corrected chi connectivity index (χ1v) is 18.3. The van der Waals surface area contributed by atoms with Crippen LogP contribution in [-0.4, -0.2) is 4.98 Å². The number of para-hydroxylation sites is 2. The van der Waals surface area contributed by atoms with Crippen molar-refractivity contribution < 1.29 is 4.42 Å². The maximum Gasteiger partial charge on any atom is 0.136 e. The number of thiazole rings is 1. The lowest BCUT2D eigenvalue weighted by Crippen LogP contribution is -2.11. The van der Waals surface area contributed by atoms with Crippen LogP contribution in [0, 0.1) is 0 Å². The number of rotatable bonds is 4. The zero-order valence-corrected chi connectivity index (χ0v) is 28.3. The molecule has 0 aliphatic heterocycles. The lowest BCUT2D eigenvalue weighted by Gasteiger charge is -2.27. The van der Waals surface area contributed by atoms with Gasteiger partial charge in [-0.1, -0.05) is 72.8 Å². The van der Waals surface area contributed by atoms with Crippen molar-refractivity contribution in [1.82, 2.24) is 4.98 Å². The van der Waals surface area contributed by atoms with Crippen molar-refractivity contribution >= 4 is 114 Å². The number of benzene rings is 8. The van der Waals surface area contributed by atoms with Crippen molar-refractivity contribution in [1.29, 1.82) is 0 Å². The minimum atomic E-state index is 0.879. The molecule has 0 radical (unpaired) electrons. The van der Waals surface area contributed by atoms with Gasteiger partial charge >= 0.3 is 0 Å². The molecule has 0 amide bonds. The molecule has 0 spiro atoms. The van der Waals surface area contributed by atoms with Crippen molar-refractivity contribution in [3.05, 3.63) is 158 Å². The number of hydrogen-bond acceptors (Lipinski definition) is 5. The number of anilines is 3. The van der Waals surface area contributed by atoms with Gasteiger partial charge in [0.1, 0.15) is 16.2 Å². The lowest BCUT2D eigenvalue weighted by molar-refractivity contribution is 0.669. The summed E-state index contributed by atoms with van der Waals surface area (Å²) in [5.41, 5.74) is 7.13. The van der Waals surface area contributed by atoms with Crippen LogP contribution in [-0.2, 0) is 0 Å². The average Bonchev–Trinajstić information content (AvgIpc) is 3.86. The zero-order valence-electron chi connectivity index (χ0n) is 26.6. The molecule has 50 heavy (non-hydrogen) atoms. The maximum absolute atomic E-state index is 6.44. The number of hydrogen-bond donors (Lipinski definition) is 0. The van der Waals surface area contributed by atoms with Crippen LogP contribution in [0.4, 0.5) is 17.1 Å². The highest BCUT2D eigenvalue weighted by atomic mass is 32.1. The van der Waals surface area contributed by atoms with Gasteiger partial charge < -0.3 is 9.32 Å². The van der Waals surface area contributed by atoms with Crippen molar-refractivity contribution in [3.63, 3.8) is 0 Å². The maximum atomic E-state index is 6.44. The van der Waals surface area contributed by atoms with Gasteiger partial charge in [0.15, 0.2) is 0 Å². The van der Waals surface area contributed by atoms with Gasteiger partial charge in [-0.2, -0.15) is 0 Å². The molecule has 3 aromatic heterocycles. The van der Waals surface area contributed by atoms with Gasteiger partial charge in [-0.3, -0.25) is 0 Å². The summed E-state index contributed by atoms with van der Waals surface area (Å²) in [4.78, 5) is 7.51. The Kier molecular flexibility index (Phi) is 5.99. The monoisotopic (exact) mass is 674 g/mol. The van der Waals surface area contributed by atoms with E-state index in [1.165, 1.54) is 46.4 Å². The molecule has 0 fully saturated rings. The average molecular weight is 675 g/mol. The molecule has 8 aromatic carbocycles. The van der Waals surface area contributed by atoms with Crippen molar-refractivity contribution in [3.8, 4) is 10.6 Å². The Morgan fingerprint density at radius 1 is 0.440 bits per heavy atom. The normalized spacial score (nSPS) is 12.0. The van der Waals surface area contributed by atoms with E-state index in [9.17, 15) is 0 Å². The van der Waals surface area contributed by atoms with Gasteiger partial charge in [0.05, 0.1) is 15.9 Å². The zero-order chi connectivity index (χ0) is 32.8.